The van der Waals surface area contributed by atoms with Crippen LogP contribution in [0.3, 0.4) is 0 Å². The number of carboxylic acid groups (broad SMARTS) is 1. The van der Waals surface area contributed by atoms with E-state index in [1.165, 1.54) is 0 Å². The van der Waals surface area contributed by atoms with Crippen molar-refractivity contribution in [2.45, 2.75) is 32.6 Å². The smallest absolute Gasteiger partial charge is 0.306 e. The van der Waals surface area contributed by atoms with E-state index in [0.29, 0.717) is 6.42 Å². The van der Waals surface area contributed by atoms with Gasteiger partial charge in [0, 0.05) is 11.6 Å². The summed E-state index contributed by atoms with van der Waals surface area (Å²) in [5.41, 5.74) is 2.01. The number of carbonyl (C=O) groups is 1. The number of nitrogens with zero attached hydrogens (tertiary/aromatic N) is 1. The minimum Gasteiger partial charge on any atom is -0.481 e. The lowest BCUT2D eigenvalue weighted by Crippen LogP contribution is -2.16. The zero-order chi connectivity index (χ0) is 13.7. The second kappa shape index (κ2) is 6.32. The fraction of sp³-hybridized carbons (Fsp3) is 0.375. The highest BCUT2D eigenvalue weighted by Gasteiger charge is 2.18. The summed E-state index contributed by atoms with van der Waals surface area (Å²) in [7, 11) is 0. The third kappa shape index (κ3) is 3.31. The molecule has 0 saturated carbocycles. The van der Waals surface area contributed by atoms with Gasteiger partial charge in [-0.25, -0.2) is 0 Å². The van der Waals surface area contributed by atoms with Gasteiger partial charge in [0.2, 0.25) is 0 Å². The summed E-state index contributed by atoms with van der Waals surface area (Å²) in [6.45, 7) is 2.08. The molecule has 1 atom stereocenters. The molecule has 3 heteroatoms. The first-order chi connectivity index (χ1) is 9.22. The van der Waals surface area contributed by atoms with Gasteiger partial charge in [0.05, 0.1) is 11.4 Å². The molecule has 19 heavy (non-hydrogen) atoms. The van der Waals surface area contributed by atoms with Crippen molar-refractivity contribution >= 4 is 16.9 Å². The lowest BCUT2D eigenvalue weighted by atomic mass is 9.93. The first kappa shape index (κ1) is 13.5. The number of unbranched alkanes of at least 4 members (excludes halogenated alkanes) is 1. The molecule has 0 aliphatic carbocycles. The van der Waals surface area contributed by atoms with Crippen LogP contribution in [0.1, 0.15) is 31.7 Å². The van der Waals surface area contributed by atoms with Gasteiger partial charge in [-0.1, -0.05) is 38.0 Å². The molecular weight excluding hydrogens is 238 g/mol. The monoisotopic (exact) mass is 257 g/mol. The van der Waals surface area contributed by atoms with Crippen LogP contribution in [0.4, 0.5) is 0 Å². The van der Waals surface area contributed by atoms with Gasteiger partial charge >= 0.3 is 5.97 Å². The standard InChI is InChI=1S/C16H19NO2/c1-2-3-6-13(16(18)19)11-12-9-10-17-15-8-5-4-7-14(12)15/h4-5,7-10,13H,2-3,6,11H2,1H3,(H,18,19). The van der Waals surface area contributed by atoms with E-state index in [0.717, 1.165) is 35.7 Å². The van der Waals surface area contributed by atoms with Crippen molar-refractivity contribution in [3.05, 3.63) is 42.1 Å². The summed E-state index contributed by atoms with van der Waals surface area (Å²) < 4.78 is 0. The lowest BCUT2D eigenvalue weighted by Gasteiger charge is -2.13. The molecule has 0 fully saturated rings. The Morgan fingerprint density at radius 1 is 1.32 bits per heavy atom. The van der Waals surface area contributed by atoms with Crippen LogP contribution >= 0.6 is 0 Å². The highest BCUT2D eigenvalue weighted by Crippen LogP contribution is 2.22. The molecule has 0 aliphatic heterocycles. The Labute approximate surface area is 113 Å². The molecule has 0 radical (unpaired) electrons. The van der Waals surface area contributed by atoms with Crippen molar-refractivity contribution in [1.82, 2.24) is 4.98 Å². The van der Waals surface area contributed by atoms with Gasteiger partial charge in [0.25, 0.3) is 0 Å². The maximum Gasteiger partial charge on any atom is 0.306 e. The number of benzene rings is 1. The van der Waals surface area contributed by atoms with E-state index in [9.17, 15) is 9.90 Å². The Morgan fingerprint density at radius 2 is 2.11 bits per heavy atom. The molecule has 1 aromatic heterocycles. The molecule has 2 aromatic rings. The van der Waals surface area contributed by atoms with Crippen LogP contribution in [0, 0.1) is 5.92 Å². The number of rotatable bonds is 6. The minimum absolute atomic E-state index is 0.300. The number of carboxylic acids is 1. The number of pyridine rings is 1. The predicted octanol–water partition coefficient (Wildman–Crippen LogP) is 3.67. The van der Waals surface area contributed by atoms with Crippen LogP contribution in [0.5, 0.6) is 0 Å². The van der Waals surface area contributed by atoms with E-state index in [1.807, 2.05) is 30.3 Å². The molecule has 0 bridgehead atoms. The minimum atomic E-state index is -0.700. The third-order valence-corrected chi connectivity index (χ3v) is 3.46. The van der Waals surface area contributed by atoms with E-state index in [1.54, 1.807) is 6.20 Å². The Balaban J connectivity index is 2.26. The van der Waals surface area contributed by atoms with Gasteiger partial charge in [-0.15, -0.1) is 0 Å². The fourth-order valence-electron chi connectivity index (χ4n) is 2.36. The maximum atomic E-state index is 11.3. The van der Waals surface area contributed by atoms with Crippen LogP contribution in [-0.4, -0.2) is 16.1 Å². The van der Waals surface area contributed by atoms with Crippen molar-refractivity contribution in [1.29, 1.82) is 0 Å². The van der Waals surface area contributed by atoms with E-state index in [2.05, 4.69) is 11.9 Å². The number of para-hydroxylation sites is 1. The summed E-state index contributed by atoms with van der Waals surface area (Å²) in [5.74, 6) is -1.000. The normalized spacial score (nSPS) is 12.5. The molecule has 0 spiro atoms. The van der Waals surface area contributed by atoms with Crippen LogP contribution < -0.4 is 0 Å². The Kier molecular flexibility index (Phi) is 4.50. The van der Waals surface area contributed by atoms with Crippen molar-refractivity contribution in [2.75, 3.05) is 0 Å². The molecule has 1 aromatic carbocycles. The Hall–Kier alpha value is -1.90. The molecule has 0 saturated heterocycles. The predicted molar refractivity (Wildman–Crippen MR) is 76.1 cm³/mol. The zero-order valence-corrected chi connectivity index (χ0v) is 11.2. The summed E-state index contributed by atoms with van der Waals surface area (Å²) in [5, 5.41) is 10.4. The number of fused-ring (bicyclic) bond motifs is 1. The average Bonchev–Trinajstić information content (AvgIpc) is 2.43. The second-order valence-electron chi connectivity index (χ2n) is 4.87. The third-order valence-electron chi connectivity index (χ3n) is 3.46. The van der Waals surface area contributed by atoms with Gasteiger partial charge in [0.1, 0.15) is 0 Å². The van der Waals surface area contributed by atoms with E-state index in [4.69, 9.17) is 0 Å². The fourth-order valence-corrected chi connectivity index (χ4v) is 2.36. The second-order valence-corrected chi connectivity index (χ2v) is 4.87. The molecule has 100 valence electrons. The molecular formula is C16H19NO2. The summed E-state index contributed by atoms with van der Waals surface area (Å²) in [4.78, 5) is 15.6. The molecule has 0 amide bonds. The first-order valence-electron chi connectivity index (χ1n) is 6.77. The summed E-state index contributed by atoms with van der Waals surface area (Å²) in [6, 6.07) is 9.82. The van der Waals surface area contributed by atoms with Gasteiger partial charge in [-0.3, -0.25) is 9.78 Å². The highest BCUT2D eigenvalue weighted by molar-refractivity contribution is 5.82. The largest absolute Gasteiger partial charge is 0.481 e. The van der Waals surface area contributed by atoms with Gasteiger partial charge < -0.3 is 5.11 Å². The number of aliphatic carboxylic acids is 1. The van der Waals surface area contributed by atoms with Gasteiger partial charge in [-0.05, 0) is 30.5 Å². The summed E-state index contributed by atoms with van der Waals surface area (Å²) >= 11 is 0. The molecule has 1 unspecified atom stereocenters. The Morgan fingerprint density at radius 3 is 2.84 bits per heavy atom. The first-order valence-corrected chi connectivity index (χ1v) is 6.77. The molecule has 3 nitrogen and oxygen atoms in total. The molecule has 0 aliphatic rings. The van der Waals surface area contributed by atoms with Gasteiger partial charge in [0.15, 0.2) is 0 Å². The number of hydrogen-bond donors (Lipinski definition) is 1. The van der Waals surface area contributed by atoms with Crippen molar-refractivity contribution in [3.8, 4) is 0 Å². The van der Waals surface area contributed by atoms with Crippen LogP contribution in [0.2, 0.25) is 0 Å². The Bertz CT molecular complexity index is 560. The summed E-state index contributed by atoms with van der Waals surface area (Å²) in [6.07, 6.45) is 5.07. The van der Waals surface area contributed by atoms with Crippen molar-refractivity contribution < 1.29 is 9.90 Å². The van der Waals surface area contributed by atoms with Crippen molar-refractivity contribution in [3.63, 3.8) is 0 Å². The number of hydrogen-bond acceptors (Lipinski definition) is 2. The van der Waals surface area contributed by atoms with Crippen LogP contribution in [-0.2, 0) is 11.2 Å². The zero-order valence-electron chi connectivity index (χ0n) is 11.2. The van der Waals surface area contributed by atoms with Gasteiger partial charge in [-0.2, -0.15) is 0 Å². The highest BCUT2D eigenvalue weighted by atomic mass is 16.4. The van der Waals surface area contributed by atoms with E-state index >= 15 is 0 Å². The quantitative estimate of drug-likeness (QED) is 0.859. The van der Waals surface area contributed by atoms with Crippen LogP contribution in [0.25, 0.3) is 10.9 Å². The van der Waals surface area contributed by atoms with E-state index < -0.39 is 5.97 Å². The topological polar surface area (TPSA) is 50.2 Å². The average molecular weight is 257 g/mol. The lowest BCUT2D eigenvalue weighted by molar-refractivity contribution is -0.141. The maximum absolute atomic E-state index is 11.3. The number of aromatic nitrogens is 1. The van der Waals surface area contributed by atoms with Crippen LogP contribution in [0.15, 0.2) is 36.5 Å². The molecule has 2 rings (SSSR count). The SMILES string of the molecule is CCCCC(Cc1ccnc2ccccc12)C(=O)O. The van der Waals surface area contributed by atoms with E-state index in [-0.39, 0.29) is 5.92 Å². The van der Waals surface area contributed by atoms with Crippen molar-refractivity contribution in [2.24, 2.45) is 5.92 Å². The molecule has 1 heterocycles. The molecule has 1 N–H and O–H groups in total.